The Bertz CT molecular complexity index is 1160. The fraction of sp³-hybridized carbons (Fsp3) is 0.263. The first-order valence-electron chi connectivity index (χ1n) is 8.72. The third-order valence-corrected chi connectivity index (χ3v) is 5.03. The molecule has 0 bridgehead atoms. The topological polar surface area (TPSA) is 96.7 Å². The molecule has 0 fully saturated rings. The first kappa shape index (κ1) is 15.9. The Morgan fingerprint density at radius 2 is 2.19 bits per heavy atom. The highest BCUT2D eigenvalue weighted by Gasteiger charge is 2.39. The van der Waals surface area contributed by atoms with Crippen LogP contribution in [0.15, 0.2) is 51.2 Å². The summed E-state index contributed by atoms with van der Waals surface area (Å²) < 4.78 is 19.3. The number of aromatic amines is 1. The highest BCUT2D eigenvalue weighted by atomic mass is 19.1. The number of nitrogens with one attached hydrogen (secondary N) is 2. The summed E-state index contributed by atoms with van der Waals surface area (Å²) >= 11 is 0. The minimum Gasteiger partial charge on any atom is -0.425 e. The maximum absolute atomic E-state index is 13.6. The molecular weight excluding hydrogens is 349 g/mol. The van der Waals surface area contributed by atoms with Crippen LogP contribution in [-0.4, -0.2) is 32.6 Å². The summed E-state index contributed by atoms with van der Waals surface area (Å²) in [6, 6.07) is 5.21. The number of hydrogen-bond acceptors (Lipinski definition) is 6. The largest absolute Gasteiger partial charge is 0.425 e. The van der Waals surface area contributed by atoms with E-state index in [4.69, 9.17) is 4.42 Å². The molecule has 136 valence electrons. The van der Waals surface area contributed by atoms with Gasteiger partial charge >= 0.3 is 0 Å². The van der Waals surface area contributed by atoms with Crippen molar-refractivity contribution in [2.24, 2.45) is 0 Å². The molecule has 27 heavy (non-hydrogen) atoms. The summed E-state index contributed by atoms with van der Waals surface area (Å²) in [7, 11) is 0. The molecule has 0 saturated heterocycles. The maximum atomic E-state index is 13.6. The van der Waals surface area contributed by atoms with Crippen LogP contribution in [0.2, 0.25) is 0 Å². The van der Waals surface area contributed by atoms with Crippen molar-refractivity contribution in [2.75, 3.05) is 5.32 Å². The Morgan fingerprint density at radius 1 is 1.30 bits per heavy atom. The van der Waals surface area contributed by atoms with Crippen LogP contribution in [0.1, 0.15) is 29.8 Å². The highest BCUT2D eigenvalue weighted by molar-refractivity contribution is 5.97. The Labute approximate surface area is 153 Å². The fourth-order valence-corrected chi connectivity index (χ4v) is 3.81. The van der Waals surface area contributed by atoms with Gasteiger partial charge in [-0.3, -0.25) is 4.79 Å². The van der Waals surface area contributed by atoms with E-state index in [1.54, 1.807) is 25.1 Å². The van der Waals surface area contributed by atoms with Crippen molar-refractivity contribution in [1.82, 2.24) is 20.4 Å². The Hall–Kier alpha value is -3.29. The van der Waals surface area contributed by atoms with Gasteiger partial charge in [0, 0.05) is 24.4 Å². The molecule has 1 aliphatic carbocycles. The first-order valence-corrected chi connectivity index (χ1v) is 8.72. The van der Waals surface area contributed by atoms with Crippen LogP contribution in [0.5, 0.6) is 0 Å². The quantitative estimate of drug-likeness (QED) is 0.725. The number of anilines is 1. The van der Waals surface area contributed by atoms with E-state index < -0.39 is 12.1 Å². The number of allylic oxidation sites excluding steroid dienone is 2. The minimum atomic E-state index is -0.980. The van der Waals surface area contributed by atoms with E-state index in [1.165, 1.54) is 0 Å². The number of halogens is 1. The van der Waals surface area contributed by atoms with E-state index in [9.17, 15) is 9.18 Å². The highest BCUT2D eigenvalue weighted by Crippen LogP contribution is 2.42. The maximum Gasteiger partial charge on any atom is 0.272 e. The Morgan fingerprint density at radius 3 is 2.93 bits per heavy atom. The van der Waals surface area contributed by atoms with Crippen LogP contribution < -0.4 is 10.9 Å². The van der Waals surface area contributed by atoms with Gasteiger partial charge in [0.25, 0.3) is 5.56 Å². The predicted octanol–water partition coefficient (Wildman–Crippen LogP) is 2.76. The van der Waals surface area contributed by atoms with E-state index in [1.807, 2.05) is 18.2 Å². The molecule has 0 amide bonds. The summed E-state index contributed by atoms with van der Waals surface area (Å²) in [5.41, 5.74) is 2.12. The van der Waals surface area contributed by atoms with E-state index >= 15 is 0 Å². The number of benzene rings is 1. The van der Waals surface area contributed by atoms with Gasteiger partial charge < -0.3 is 9.73 Å². The molecule has 1 aliphatic heterocycles. The molecule has 0 radical (unpaired) electrons. The van der Waals surface area contributed by atoms with Crippen molar-refractivity contribution in [3.8, 4) is 0 Å². The van der Waals surface area contributed by atoms with E-state index in [0.717, 1.165) is 16.6 Å². The molecule has 3 atom stereocenters. The zero-order valence-corrected chi connectivity index (χ0v) is 14.4. The number of alkyl halides is 1. The van der Waals surface area contributed by atoms with E-state index in [2.05, 4.69) is 25.7 Å². The summed E-state index contributed by atoms with van der Waals surface area (Å²) in [4.78, 5) is 12.2. The summed E-state index contributed by atoms with van der Waals surface area (Å²) in [5, 5.41) is 19.8. The molecule has 2 aromatic heterocycles. The van der Waals surface area contributed by atoms with Gasteiger partial charge in [0.15, 0.2) is 0 Å². The summed E-state index contributed by atoms with van der Waals surface area (Å²) in [5.74, 6) is 0.435. The molecule has 1 aromatic carbocycles. The molecule has 5 rings (SSSR count). The molecule has 0 spiro atoms. The van der Waals surface area contributed by atoms with Crippen LogP contribution in [0.3, 0.4) is 0 Å². The average Bonchev–Trinajstić information content (AvgIpc) is 3.10. The van der Waals surface area contributed by atoms with Crippen LogP contribution in [0.4, 0.5) is 10.1 Å². The van der Waals surface area contributed by atoms with Crippen molar-refractivity contribution in [3.05, 3.63) is 69.8 Å². The lowest BCUT2D eigenvalue weighted by Crippen LogP contribution is -2.36. The van der Waals surface area contributed by atoms with Crippen molar-refractivity contribution < 1.29 is 8.81 Å². The molecule has 2 aliphatic rings. The number of H-pyrrole nitrogens is 1. The monoisotopic (exact) mass is 365 g/mol. The van der Waals surface area contributed by atoms with Crippen molar-refractivity contribution in [2.45, 2.75) is 31.5 Å². The second kappa shape index (κ2) is 5.87. The number of nitrogens with zero attached hydrogens (tertiary/aromatic N) is 3. The van der Waals surface area contributed by atoms with Crippen LogP contribution in [0.25, 0.3) is 10.8 Å². The smallest absolute Gasteiger partial charge is 0.272 e. The van der Waals surface area contributed by atoms with Crippen molar-refractivity contribution >= 4 is 16.5 Å². The fourth-order valence-electron chi connectivity index (χ4n) is 3.81. The number of aromatic nitrogens is 4. The lowest BCUT2D eigenvalue weighted by atomic mass is 9.82. The lowest BCUT2D eigenvalue weighted by Gasteiger charge is -2.33. The zero-order chi connectivity index (χ0) is 18.5. The van der Waals surface area contributed by atoms with E-state index in [0.29, 0.717) is 29.3 Å². The molecule has 8 heteroatoms. The molecule has 3 heterocycles. The van der Waals surface area contributed by atoms with Crippen LogP contribution in [0, 0.1) is 6.92 Å². The third-order valence-electron chi connectivity index (χ3n) is 5.03. The van der Waals surface area contributed by atoms with Gasteiger partial charge in [-0.15, -0.1) is 10.2 Å². The number of rotatable bonds is 2. The SMILES string of the molecule is Cc1nnc(C2c3n[nH]c(=O)c4cccc(c34)NC2C2=CCC(F)C=C2)o1. The minimum absolute atomic E-state index is 0.256. The van der Waals surface area contributed by atoms with Gasteiger partial charge in [-0.25, -0.2) is 9.49 Å². The van der Waals surface area contributed by atoms with E-state index in [-0.39, 0.29) is 11.6 Å². The number of hydrogen-bond donors (Lipinski definition) is 2. The standard InChI is InChI=1S/C19H16FN5O2/c1-9-22-25-19(27-9)15-16(10-5-7-11(20)8-6-10)21-13-4-2-3-12-14(13)17(15)23-24-18(12)26/h2-7,11,15-16,21H,8H2,1H3,(H,24,26). The molecule has 3 unspecified atom stereocenters. The normalized spacial score (nSPS) is 23.9. The predicted molar refractivity (Wildman–Crippen MR) is 97.4 cm³/mol. The first-order chi connectivity index (χ1) is 13.1. The molecule has 0 saturated carbocycles. The third kappa shape index (κ3) is 2.48. The second-order valence-electron chi connectivity index (χ2n) is 6.74. The van der Waals surface area contributed by atoms with Crippen molar-refractivity contribution in [3.63, 3.8) is 0 Å². The lowest BCUT2D eigenvalue weighted by molar-refractivity contribution is 0.397. The average molecular weight is 365 g/mol. The van der Waals surface area contributed by atoms with Crippen molar-refractivity contribution in [1.29, 1.82) is 0 Å². The van der Waals surface area contributed by atoms with Crippen LogP contribution in [-0.2, 0) is 0 Å². The molecule has 2 N–H and O–H groups in total. The van der Waals surface area contributed by atoms with Gasteiger partial charge in [-0.1, -0.05) is 24.3 Å². The second-order valence-corrected chi connectivity index (χ2v) is 6.74. The molecule has 7 nitrogen and oxygen atoms in total. The Balaban J connectivity index is 1.75. The summed E-state index contributed by atoms with van der Waals surface area (Å²) in [6.07, 6.45) is 4.53. The Kier molecular flexibility index (Phi) is 3.46. The van der Waals surface area contributed by atoms with Gasteiger partial charge in [0.1, 0.15) is 12.1 Å². The van der Waals surface area contributed by atoms with Gasteiger partial charge in [0.2, 0.25) is 11.8 Å². The van der Waals surface area contributed by atoms with Gasteiger partial charge in [-0.05, 0) is 17.7 Å². The zero-order valence-electron chi connectivity index (χ0n) is 14.4. The molecule has 3 aromatic rings. The summed E-state index contributed by atoms with van der Waals surface area (Å²) in [6.45, 7) is 1.72. The molecular formula is C19H16FN5O2. The van der Waals surface area contributed by atoms with Gasteiger partial charge in [0.05, 0.1) is 17.1 Å². The van der Waals surface area contributed by atoms with Crippen LogP contribution >= 0.6 is 0 Å². The van der Waals surface area contributed by atoms with Gasteiger partial charge in [-0.2, -0.15) is 5.10 Å². The number of aryl methyl sites for hydroxylation is 1.